The monoisotopic (exact) mass is 222 g/mol. The molecule has 1 aromatic carbocycles. The van der Waals surface area contributed by atoms with Gasteiger partial charge in [-0.2, -0.15) is 0 Å². The first-order chi connectivity index (χ1) is 7.21. The number of nitrogens with zero attached hydrogens (tertiary/aromatic N) is 1. The van der Waals surface area contributed by atoms with E-state index in [0.717, 1.165) is 16.7 Å². The lowest BCUT2D eigenvalue weighted by atomic mass is 10.0. The summed E-state index contributed by atoms with van der Waals surface area (Å²) in [6.45, 7) is 9.94. The molecule has 1 unspecified atom stereocenters. The van der Waals surface area contributed by atoms with E-state index in [4.69, 9.17) is 5.84 Å². The van der Waals surface area contributed by atoms with Crippen LogP contribution in [0.5, 0.6) is 0 Å². The van der Waals surface area contributed by atoms with Gasteiger partial charge in [0.25, 0.3) is 0 Å². The highest BCUT2D eigenvalue weighted by Crippen LogP contribution is 2.23. The minimum absolute atomic E-state index is 0.267. The standard InChI is InChI=1S/C13H22N2O/c1-9-6-10(2)8-11(7-9)12(16)15(14)13(3,4)5/h6-8,12,16H,14H2,1-5H3. The van der Waals surface area contributed by atoms with Crippen LogP contribution in [0, 0.1) is 13.8 Å². The molecule has 1 atom stereocenters. The van der Waals surface area contributed by atoms with Crippen molar-refractivity contribution in [1.29, 1.82) is 0 Å². The summed E-state index contributed by atoms with van der Waals surface area (Å²) in [5, 5.41) is 11.6. The molecule has 16 heavy (non-hydrogen) atoms. The third kappa shape index (κ3) is 3.04. The van der Waals surface area contributed by atoms with Crippen molar-refractivity contribution < 1.29 is 5.11 Å². The average Bonchev–Trinajstić information content (AvgIpc) is 2.12. The van der Waals surface area contributed by atoms with Crippen LogP contribution in [0.3, 0.4) is 0 Å². The number of hydrazine groups is 1. The molecule has 0 aliphatic rings. The molecule has 0 heterocycles. The van der Waals surface area contributed by atoms with E-state index in [0.29, 0.717) is 0 Å². The lowest BCUT2D eigenvalue weighted by Crippen LogP contribution is -2.48. The molecule has 0 fully saturated rings. The van der Waals surface area contributed by atoms with Crippen molar-refractivity contribution in [3.05, 3.63) is 34.9 Å². The fourth-order valence-electron chi connectivity index (χ4n) is 1.69. The summed E-state index contributed by atoms with van der Waals surface area (Å²) in [7, 11) is 0. The first-order valence-corrected chi connectivity index (χ1v) is 5.52. The first-order valence-electron chi connectivity index (χ1n) is 5.52. The summed E-state index contributed by atoms with van der Waals surface area (Å²) in [6.07, 6.45) is -0.765. The number of aryl methyl sites for hydroxylation is 2. The van der Waals surface area contributed by atoms with Crippen LogP contribution in [0.15, 0.2) is 18.2 Å². The summed E-state index contributed by atoms with van der Waals surface area (Å²) < 4.78 is 0. The van der Waals surface area contributed by atoms with Crippen molar-refractivity contribution in [3.63, 3.8) is 0 Å². The van der Waals surface area contributed by atoms with Crippen LogP contribution in [-0.2, 0) is 0 Å². The lowest BCUT2D eigenvalue weighted by molar-refractivity contribution is -0.0550. The van der Waals surface area contributed by atoms with Gasteiger partial charge < -0.3 is 5.11 Å². The van der Waals surface area contributed by atoms with Gasteiger partial charge in [-0.3, -0.25) is 5.84 Å². The molecule has 0 radical (unpaired) electrons. The van der Waals surface area contributed by atoms with E-state index < -0.39 is 6.23 Å². The fourth-order valence-corrected chi connectivity index (χ4v) is 1.69. The van der Waals surface area contributed by atoms with Gasteiger partial charge in [-0.25, -0.2) is 5.01 Å². The van der Waals surface area contributed by atoms with Gasteiger partial charge in [0, 0.05) is 5.54 Å². The molecule has 3 N–H and O–H groups in total. The van der Waals surface area contributed by atoms with Crippen LogP contribution in [0.4, 0.5) is 0 Å². The van der Waals surface area contributed by atoms with Crippen molar-refractivity contribution in [1.82, 2.24) is 5.01 Å². The van der Waals surface area contributed by atoms with E-state index in [-0.39, 0.29) is 5.54 Å². The Morgan fingerprint density at radius 2 is 1.56 bits per heavy atom. The minimum atomic E-state index is -0.765. The predicted octanol–water partition coefficient (Wildman–Crippen LogP) is 2.27. The van der Waals surface area contributed by atoms with E-state index in [1.807, 2.05) is 46.8 Å². The zero-order valence-corrected chi connectivity index (χ0v) is 10.8. The highest BCUT2D eigenvalue weighted by atomic mass is 16.3. The molecule has 3 nitrogen and oxygen atoms in total. The smallest absolute Gasteiger partial charge is 0.146 e. The molecule has 0 amide bonds. The number of hydrogen-bond acceptors (Lipinski definition) is 3. The third-order valence-corrected chi connectivity index (χ3v) is 2.58. The second kappa shape index (κ2) is 4.53. The van der Waals surface area contributed by atoms with E-state index in [9.17, 15) is 5.11 Å². The van der Waals surface area contributed by atoms with Gasteiger partial charge >= 0.3 is 0 Å². The minimum Gasteiger partial charge on any atom is -0.373 e. The highest BCUT2D eigenvalue weighted by molar-refractivity contribution is 5.29. The lowest BCUT2D eigenvalue weighted by Gasteiger charge is -2.35. The zero-order chi connectivity index (χ0) is 12.5. The second-order valence-electron chi connectivity index (χ2n) is 5.37. The van der Waals surface area contributed by atoms with Gasteiger partial charge in [-0.1, -0.05) is 29.3 Å². The molecule has 0 aromatic heterocycles. The molecule has 0 spiro atoms. The van der Waals surface area contributed by atoms with E-state index in [2.05, 4.69) is 6.07 Å². The van der Waals surface area contributed by atoms with Gasteiger partial charge in [0.2, 0.25) is 0 Å². The van der Waals surface area contributed by atoms with Crippen molar-refractivity contribution in [2.75, 3.05) is 0 Å². The maximum absolute atomic E-state index is 10.2. The molecule has 0 saturated carbocycles. The maximum Gasteiger partial charge on any atom is 0.146 e. The largest absolute Gasteiger partial charge is 0.373 e. The molecule has 0 saturated heterocycles. The Morgan fingerprint density at radius 1 is 1.12 bits per heavy atom. The van der Waals surface area contributed by atoms with Crippen LogP contribution in [0.2, 0.25) is 0 Å². The topological polar surface area (TPSA) is 49.5 Å². The number of rotatable bonds is 2. The Labute approximate surface area is 97.9 Å². The Kier molecular flexibility index (Phi) is 3.73. The van der Waals surface area contributed by atoms with Crippen LogP contribution in [0.1, 0.15) is 43.7 Å². The van der Waals surface area contributed by atoms with Crippen molar-refractivity contribution in [2.24, 2.45) is 5.84 Å². The van der Waals surface area contributed by atoms with Crippen molar-refractivity contribution >= 4 is 0 Å². The van der Waals surface area contributed by atoms with Gasteiger partial charge in [-0.05, 0) is 40.2 Å². The molecule has 3 heteroatoms. The predicted molar refractivity (Wildman–Crippen MR) is 66.7 cm³/mol. The molecule has 0 aliphatic carbocycles. The van der Waals surface area contributed by atoms with Crippen molar-refractivity contribution in [3.8, 4) is 0 Å². The summed E-state index contributed by atoms with van der Waals surface area (Å²) in [6, 6.07) is 6.00. The summed E-state index contributed by atoms with van der Waals surface area (Å²) in [5.41, 5.74) is 2.85. The summed E-state index contributed by atoms with van der Waals surface area (Å²) in [5.74, 6) is 5.91. The number of benzene rings is 1. The fraction of sp³-hybridized carbons (Fsp3) is 0.538. The molecule has 0 aliphatic heterocycles. The Balaban J connectivity index is 3.00. The van der Waals surface area contributed by atoms with Gasteiger partial charge in [-0.15, -0.1) is 0 Å². The van der Waals surface area contributed by atoms with Gasteiger partial charge in [0.1, 0.15) is 6.23 Å². The third-order valence-electron chi connectivity index (χ3n) is 2.58. The number of aliphatic hydroxyl groups excluding tert-OH is 1. The van der Waals surface area contributed by atoms with E-state index >= 15 is 0 Å². The van der Waals surface area contributed by atoms with Gasteiger partial charge in [0.15, 0.2) is 0 Å². The number of nitrogens with two attached hydrogens (primary N) is 1. The quantitative estimate of drug-likeness (QED) is 0.458. The van der Waals surface area contributed by atoms with Gasteiger partial charge in [0.05, 0.1) is 0 Å². The Bertz CT molecular complexity index is 348. The van der Waals surface area contributed by atoms with Crippen molar-refractivity contribution in [2.45, 2.75) is 46.4 Å². The molecule has 1 rings (SSSR count). The summed E-state index contributed by atoms with van der Waals surface area (Å²) in [4.78, 5) is 0. The molecule has 0 bridgehead atoms. The Hall–Kier alpha value is -0.900. The molecule has 90 valence electrons. The second-order valence-corrected chi connectivity index (χ2v) is 5.37. The molecular weight excluding hydrogens is 200 g/mol. The van der Waals surface area contributed by atoms with Crippen LogP contribution >= 0.6 is 0 Å². The van der Waals surface area contributed by atoms with Crippen LogP contribution in [-0.4, -0.2) is 15.7 Å². The normalized spacial score (nSPS) is 14.2. The molecular formula is C13H22N2O. The molecule has 1 aromatic rings. The van der Waals surface area contributed by atoms with E-state index in [1.54, 1.807) is 0 Å². The first kappa shape index (κ1) is 13.2. The zero-order valence-electron chi connectivity index (χ0n) is 10.8. The maximum atomic E-state index is 10.2. The SMILES string of the molecule is Cc1cc(C)cc(C(O)N(N)C(C)(C)C)c1. The van der Waals surface area contributed by atoms with Crippen LogP contribution in [0.25, 0.3) is 0 Å². The van der Waals surface area contributed by atoms with E-state index in [1.165, 1.54) is 5.01 Å². The summed E-state index contributed by atoms with van der Waals surface area (Å²) >= 11 is 0. The number of hydrogen-bond donors (Lipinski definition) is 2. The van der Waals surface area contributed by atoms with Crippen LogP contribution < -0.4 is 5.84 Å². The average molecular weight is 222 g/mol. The highest BCUT2D eigenvalue weighted by Gasteiger charge is 2.25. The number of aliphatic hydroxyl groups is 1. The Morgan fingerprint density at radius 3 is 1.94 bits per heavy atom.